The molecule has 0 radical (unpaired) electrons. The molecular formula is C23H22N4O3. The molecular weight excluding hydrogens is 380 g/mol. The smallest absolute Gasteiger partial charge is 0.259 e. The first kappa shape index (κ1) is 19.4. The Morgan fingerprint density at radius 1 is 1.17 bits per heavy atom. The number of benzene rings is 1. The molecule has 30 heavy (non-hydrogen) atoms. The Kier molecular flexibility index (Phi) is 5.61. The highest BCUT2D eigenvalue weighted by Crippen LogP contribution is 2.28. The second-order valence-corrected chi connectivity index (χ2v) is 6.72. The van der Waals surface area contributed by atoms with Gasteiger partial charge in [-0.3, -0.25) is 4.79 Å². The topological polar surface area (TPSA) is 84.8 Å². The van der Waals surface area contributed by atoms with E-state index in [0.717, 1.165) is 29.2 Å². The number of rotatable bonds is 5. The summed E-state index contributed by atoms with van der Waals surface area (Å²) in [6.45, 7) is 0.613. The van der Waals surface area contributed by atoms with Crippen LogP contribution in [-0.4, -0.2) is 37.4 Å². The van der Waals surface area contributed by atoms with Crippen LogP contribution in [0.15, 0.2) is 77.1 Å². The van der Waals surface area contributed by atoms with Gasteiger partial charge in [0.05, 0.1) is 32.0 Å². The molecule has 7 nitrogen and oxygen atoms in total. The van der Waals surface area contributed by atoms with Crippen molar-refractivity contribution in [3.05, 3.63) is 77.7 Å². The van der Waals surface area contributed by atoms with Crippen molar-refractivity contribution in [1.29, 1.82) is 0 Å². The number of anilines is 1. The van der Waals surface area contributed by atoms with Crippen LogP contribution in [-0.2, 0) is 0 Å². The number of hydrogen-bond donors (Lipinski definition) is 2. The van der Waals surface area contributed by atoms with Crippen molar-refractivity contribution in [3.8, 4) is 11.5 Å². The summed E-state index contributed by atoms with van der Waals surface area (Å²) in [4.78, 5) is 21.8. The van der Waals surface area contributed by atoms with E-state index < -0.39 is 0 Å². The van der Waals surface area contributed by atoms with Crippen LogP contribution >= 0.6 is 0 Å². The minimum absolute atomic E-state index is 0.251. The molecule has 152 valence electrons. The molecule has 1 amide bonds. The van der Waals surface area contributed by atoms with Crippen LogP contribution in [0.25, 0.3) is 0 Å². The molecule has 1 aromatic carbocycles. The molecule has 1 aliphatic heterocycles. The van der Waals surface area contributed by atoms with Crippen LogP contribution in [0.4, 0.5) is 11.5 Å². The summed E-state index contributed by atoms with van der Waals surface area (Å²) in [7, 11) is 3.10. The Morgan fingerprint density at radius 2 is 2.07 bits per heavy atom. The maximum atomic E-state index is 12.8. The molecule has 0 saturated heterocycles. The second-order valence-electron chi connectivity index (χ2n) is 6.72. The zero-order valence-corrected chi connectivity index (χ0v) is 16.8. The first-order valence-electron chi connectivity index (χ1n) is 9.55. The fourth-order valence-electron chi connectivity index (χ4n) is 3.27. The van der Waals surface area contributed by atoms with Gasteiger partial charge in [0, 0.05) is 18.0 Å². The van der Waals surface area contributed by atoms with Crippen molar-refractivity contribution in [2.45, 2.75) is 6.42 Å². The van der Waals surface area contributed by atoms with Crippen molar-refractivity contribution in [2.24, 2.45) is 4.99 Å². The zero-order valence-electron chi connectivity index (χ0n) is 16.8. The van der Waals surface area contributed by atoms with E-state index >= 15 is 0 Å². The highest BCUT2D eigenvalue weighted by Gasteiger charge is 2.17. The lowest BCUT2D eigenvalue weighted by Gasteiger charge is -2.17. The van der Waals surface area contributed by atoms with E-state index in [1.165, 1.54) is 7.11 Å². The molecule has 0 atom stereocenters. The van der Waals surface area contributed by atoms with E-state index in [1.54, 1.807) is 31.5 Å². The minimum atomic E-state index is -0.251. The molecule has 1 aromatic heterocycles. The van der Waals surface area contributed by atoms with E-state index in [4.69, 9.17) is 14.5 Å². The van der Waals surface area contributed by atoms with Crippen LogP contribution in [0.5, 0.6) is 11.5 Å². The number of nitrogens with one attached hydrogen (secondary N) is 2. The van der Waals surface area contributed by atoms with Crippen LogP contribution in [0.1, 0.15) is 16.8 Å². The molecule has 0 saturated carbocycles. The third kappa shape index (κ3) is 4.10. The minimum Gasteiger partial charge on any atom is -0.497 e. The van der Waals surface area contributed by atoms with Gasteiger partial charge in [-0.25, -0.2) is 9.98 Å². The van der Waals surface area contributed by atoms with E-state index in [-0.39, 0.29) is 5.91 Å². The molecule has 1 aliphatic carbocycles. The predicted octanol–water partition coefficient (Wildman–Crippen LogP) is 3.80. The number of carbonyl (C=O) groups excluding carboxylic acids is 1. The van der Waals surface area contributed by atoms with Gasteiger partial charge >= 0.3 is 0 Å². The molecule has 2 N–H and O–H groups in total. The summed E-state index contributed by atoms with van der Waals surface area (Å²) >= 11 is 0. The summed E-state index contributed by atoms with van der Waals surface area (Å²) < 4.78 is 10.5. The Hall–Kier alpha value is -3.87. The Labute approximate surface area is 174 Å². The standard InChI is InChI=1S/C23H22N4O3/c1-29-17-10-11-18(21(13-17)30-2)23(28)26-16-6-3-5-15(8-9-16)20-14-25-22-19(27-20)7-4-12-24-22/h3-4,6-13H,5,14H2,1-2H3,(H,24,25)(H,26,28). The van der Waals surface area contributed by atoms with Gasteiger partial charge in [0.1, 0.15) is 17.2 Å². The number of pyridine rings is 1. The first-order chi connectivity index (χ1) is 14.7. The number of aliphatic imine (C=N–C) groups is 1. The van der Waals surface area contributed by atoms with Gasteiger partial charge in [0.15, 0.2) is 5.82 Å². The normalized spacial score (nSPS) is 14.9. The summed E-state index contributed by atoms with van der Waals surface area (Å²) in [5.74, 6) is 1.63. The number of hydrogen-bond acceptors (Lipinski definition) is 6. The van der Waals surface area contributed by atoms with Crippen LogP contribution in [0, 0.1) is 0 Å². The second kappa shape index (κ2) is 8.65. The maximum Gasteiger partial charge on any atom is 0.259 e. The molecule has 7 heteroatoms. The van der Waals surface area contributed by atoms with Gasteiger partial charge in [-0.05, 0) is 48.4 Å². The lowest BCUT2D eigenvalue weighted by molar-refractivity contribution is 0.0964. The molecule has 4 rings (SSSR count). The maximum absolute atomic E-state index is 12.8. The van der Waals surface area contributed by atoms with Crippen LogP contribution in [0.3, 0.4) is 0 Å². The van der Waals surface area contributed by atoms with Gasteiger partial charge in [0.25, 0.3) is 5.91 Å². The largest absolute Gasteiger partial charge is 0.497 e. The van der Waals surface area contributed by atoms with Gasteiger partial charge in [-0.2, -0.15) is 0 Å². The van der Waals surface area contributed by atoms with Gasteiger partial charge in [0.2, 0.25) is 0 Å². The Bertz CT molecular complexity index is 1100. The highest BCUT2D eigenvalue weighted by molar-refractivity contribution is 6.07. The van der Waals surface area contributed by atoms with E-state index in [1.807, 2.05) is 36.4 Å². The molecule has 0 spiro atoms. The number of allylic oxidation sites excluding steroid dienone is 4. The van der Waals surface area contributed by atoms with Crippen molar-refractivity contribution in [3.63, 3.8) is 0 Å². The monoisotopic (exact) mass is 402 g/mol. The lowest BCUT2D eigenvalue weighted by Crippen LogP contribution is -2.22. The van der Waals surface area contributed by atoms with Crippen LogP contribution < -0.4 is 20.1 Å². The SMILES string of the molecule is COc1ccc(C(=O)NC2=CC=C(C3=Nc4cccnc4NC3)CC=C2)c(OC)c1. The third-order valence-electron chi connectivity index (χ3n) is 4.85. The molecule has 0 fully saturated rings. The van der Waals surface area contributed by atoms with Crippen molar-refractivity contribution >= 4 is 23.1 Å². The molecule has 2 heterocycles. The summed E-state index contributed by atoms with van der Waals surface area (Å²) in [6.07, 6.45) is 10.2. The lowest BCUT2D eigenvalue weighted by atomic mass is 10.1. The summed E-state index contributed by atoms with van der Waals surface area (Å²) in [5.41, 5.74) is 4.00. The van der Waals surface area contributed by atoms with Crippen LogP contribution in [0.2, 0.25) is 0 Å². The van der Waals surface area contributed by atoms with E-state index in [9.17, 15) is 4.79 Å². The molecule has 0 bridgehead atoms. The number of fused-ring (bicyclic) bond motifs is 1. The number of methoxy groups -OCH3 is 2. The first-order valence-corrected chi connectivity index (χ1v) is 9.55. The van der Waals surface area contributed by atoms with Crippen molar-refractivity contribution in [1.82, 2.24) is 10.3 Å². The average molecular weight is 402 g/mol. The fraction of sp³-hybridized carbons (Fsp3) is 0.174. The highest BCUT2D eigenvalue weighted by atomic mass is 16.5. The quantitative estimate of drug-likeness (QED) is 0.795. The number of nitrogens with zero attached hydrogens (tertiary/aromatic N) is 2. The van der Waals surface area contributed by atoms with E-state index in [2.05, 4.69) is 15.6 Å². The van der Waals surface area contributed by atoms with Gasteiger partial charge < -0.3 is 20.1 Å². The third-order valence-corrected chi connectivity index (χ3v) is 4.85. The van der Waals surface area contributed by atoms with Crippen molar-refractivity contribution < 1.29 is 14.3 Å². The number of carbonyl (C=O) groups is 1. The predicted molar refractivity (Wildman–Crippen MR) is 117 cm³/mol. The van der Waals surface area contributed by atoms with Crippen molar-refractivity contribution in [2.75, 3.05) is 26.1 Å². The van der Waals surface area contributed by atoms with Gasteiger partial charge in [-0.1, -0.05) is 12.2 Å². The number of amides is 1. The average Bonchev–Trinajstić information content (AvgIpc) is 3.03. The molecule has 0 unspecified atom stereocenters. The summed E-state index contributed by atoms with van der Waals surface area (Å²) in [5, 5.41) is 6.23. The fourth-order valence-corrected chi connectivity index (χ4v) is 3.27. The summed E-state index contributed by atoms with van der Waals surface area (Å²) in [6, 6.07) is 8.91. The Morgan fingerprint density at radius 3 is 2.90 bits per heavy atom. The molecule has 2 aliphatic rings. The number of ether oxygens (including phenoxy) is 2. The molecule has 2 aromatic rings. The Balaban J connectivity index is 1.53. The number of aromatic nitrogens is 1. The zero-order chi connectivity index (χ0) is 20.9. The van der Waals surface area contributed by atoms with E-state index in [0.29, 0.717) is 29.3 Å². The van der Waals surface area contributed by atoms with Gasteiger partial charge in [-0.15, -0.1) is 0 Å².